The van der Waals surface area contributed by atoms with Crippen LogP contribution in [0.4, 0.5) is 4.79 Å². The molecule has 6 nitrogen and oxygen atoms in total. The molecule has 2 saturated heterocycles. The van der Waals surface area contributed by atoms with Crippen LogP contribution in [0.2, 0.25) is 0 Å². The first-order valence-electron chi connectivity index (χ1n) is 9.40. The zero-order chi connectivity index (χ0) is 17.7. The highest BCUT2D eigenvalue weighted by Gasteiger charge is 2.28. The number of urea groups is 1. The summed E-state index contributed by atoms with van der Waals surface area (Å²) in [5, 5.41) is 15.8. The summed E-state index contributed by atoms with van der Waals surface area (Å²) in [6.45, 7) is 10.7. The predicted molar refractivity (Wildman–Crippen MR) is 97.1 cm³/mol. The summed E-state index contributed by atoms with van der Waals surface area (Å²) in [7, 11) is 2.20. The predicted octanol–water partition coefficient (Wildman–Crippen LogP) is 1.25. The third-order valence-electron chi connectivity index (χ3n) is 5.52. The molecule has 2 aliphatic rings. The summed E-state index contributed by atoms with van der Waals surface area (Å²) in [5.41, 5.74) is -0.216. The molecule has 0 aromatic rings. The van der Waals surface area contributed by atoms with E-state index in [0.29, 0.717) is 6.54 Å². The Hall–Kier alpha value is -0.850. The Balaban J connectivity index is 1.64. The van der Waals surface area contributed by atoms with Crippen LogP contribution in [0.25, 0.3) is 0 Å². The van der Waals surface area contributed by atoms with E-state index in [1.165, 1.54) is 25.9 Å². The van der Waals surface area contributed by atoms with Crippen LogP contribution < -0.4 is 10.6 Å². The van der Waals surface area contributed by atoms with Gasteiger partial charge in [-0.15, -0.1) is 0 Å². The molecule has 0 aromatic carbocycles. The number of likely N-dealkylation sites (tertiary alicyclic amines) is 2. The molecular formula is C18H36N4O2. The number of piperidine rings is 2. The maximum Gasteiger partial charge on any atom is 0.315 e. The summed E-state index contributed by atoms with van der Waals surface area (Å²) in [6.07, 6.45) is 4.03. The van der Waals surface area contributed by atoms with Crippen molar-refractivity contribution < 1.29 is 9.90 Å². The summed E-state index contributed by atoms with van der Waals surface area (Å²) < 4.78 is 0. The van der Waals surface area contributed by atoms with Crippen LogP contribution >= 0.6 is 0 Å². The Bertz CT molecular complexity index is 394. The molecule has 0 aromatic heterocycles. The molecule has 2 rings (SSSR count). The molecular weight excluding hydrogens is 304 g/mol. The van der Waals surface area contributed by atoms with E-state index in [1.54, 1.807) is 0 Å². The van der Waals surface area contributed by atoms with Gasteiger partial charge in [-0.3, -0.25) is 0 Å². The molecule has 0 bridgehead atoms. The van der Waals surface area contributed by atoms with Gasteiger partial charge in [0.05, 0.1) is 6.10 Å². The third-order valence-corrected chi connectivity index (χ3v) is 5.52. The van der Waals surface area contributed by atoms with Crippen molar-refractivity contribution in [2.75, 3.05) is 39.8 Å². The summed E-state index contributed by atoms with van der Waals surface area (Å²) >= 11 is 0. The van der Waals surface area contributed by atoms with Crippen LogP contribution in [-0.2, 0) is 0 Å². The lowest BCUT2D eigenvalue weighted by atomic mass is 9.89. The van der Waals surface area contributed by atoms with Gasteiger partial charge in [0.1, 0.15) is 0 Å². The van der Waals surface area contributed by atoms with Crippen LogP contribution in [0, 0.1) is 5.41 Å². The van der Waals surface area contributed by atoms with E-state index in [1.807, 2.05) is 20.8 Å². The van der Waals surface area contributed by atoms with Crippen LogP contribution in [0.3, 0.4) is 0 Å². The average molecular weight is 341 g/mol. The van der Waals surface area contributed by atoms with Gasteiger partial charge >= 0.3 is 6.03 Å². The van der Waals surface area contributed by atoms with Gasteiger partial charge < -0.3 is 25.5 Å². The molecule has 2 amide bonds. The Morgan fingerprint density at radius 2 is 1.71 bits per heavy atom. The molecule has 0 aliphatic carbocycles. The first-order valence-corrected chi connectivity index (χ1v) is 9.40. The first kappa shape index (κ1) is 19.5. The number of carbonyl (C=O) groups is 1. The highest BCUT2D eigenvalue weighted by atomic mass is 16.3. The van der Waals surface area contributed by atoms with Gasteiger partial charge in [-0.1, -0.05) is 20.8 Å². The summed E-state index contributed by atoms with van der Waals surface area (Å²) in [5.74, 6) is 0. The summed E-state index contributed by atoms with van der Waals surface area (Å²) in [4.78, 5) is 17.0. The fraction of sp³-hybridized carbons (Fsp3) is 0.944. The van der Waals surface area contributed by atoms with Crippen molar-refractivity contribution >= 4 is 6.03 Å². The molecule has 140 valence electrons. The Morgan fingerprint density at radius 3 is 2.25 bits per heavy atom. The standard InChI is InChI=1S/C18H36N4O2/c1-18(2,3)16(23)13-19-17(24)20-14-5-11-22(12-6-14)15-7-9-21(4)10-8-15/h14-16,23H,5-13H2,1-4H3,(H2,19,20,24). The molecule has 0 saturated carbocycles. The highest BCUT2D eigenvalue weighted by Crippen LogP contribution is 2.21. The molecule has 0 radical (unpaired) electrons. The second kappa shape index (κ2) is 8.50. The van der Waals surface area contributed by atoms with Crippen molar-refractivity contribution in [1.82, 2.24) is 20.4 Å². The Labute approximate surface area is 147 Å². The zero-order valence-electron chi connectivity index (χ0n) is 15.8. The lowest BCUT2D eigenvalue weighted by molar-refractivity contribution is 0.0644. The molecule has 1 unspecified atom stereocenters. The van der Waals surface area contributed by atoms with Crippen molar-refractivity contribution in [2.45, 2.75) is 64.6 Å². The first-order chi connectivity index (χ1) is 11.3. The molecule has 3 N–H and O–H groups in total. The monoisotopic (exact) mass is 340 g/mol. The number of rotatable bonds is 4. The van der Waals surface area contributed by atoms with Crippen LogP contribution in [-0.4, -0.2) is 78.9 Å². The van der Waals surface area contributed by atoms with Crippen LogP contribution in [0.1, 0.15) is 46.5 Å². The average Bonchev–Trinajstić information content (AvgIpc) is 2.53. The van der Waals surface area contributed by atoms with E-state index in [4.69, 9.17) is 0 Å². The van der Waals surface area contributed by atoms with E-state index in [0.717, 1.165) is 32.0 Å². The topological polar surface area (TPSA) is 67.8 Å². The van der Waals surface area contributed by atoms with Gasteiger partial charge in [-0.2, -0.15) is 0 Å². The maximum absolute atomic E-state index is 12.0. The van der Waals surface area contributed by atoms with Crippen molar-refractivity contribution in [3.63, 3.8) is 0 Å². The zero-order valence-corrected chi connectivity index (χ0v) is 15.8. The van der Waals surface area contributed by atoms with E-state index < -0.39 is 6.10 Å². The minimum atomic E-state index is -0.533. The highest BCUT2D eigenvalue weighted by molar-refractivity contribution is 5.74. The van der Waals surface area contributed by atoms with Crippen molar-refractivity contribution in [2.24, 2.45) is 5.41 Å². The lowest BCUT2D eigenvalue weighted by Gasteiger charge is -2.41. The van der Waals surface area contributed by atoms with E-state index in [-0.39, 0.29) is 17.5 Å². The van der Waals surface area contributed by atoms with E-state index in [2.05, 4.69) is 27.5 Å². The lowest BCUT2D eigenvalue weighted by Crippen LogP contribution is -2.52. The SMILES string of the molecule is CN1CCC(N2CCC(NC(=O)NCC(O)C(C)(C)C)CC2)CC1. The van der Waals surface area contributed by atoms with Gasteiger partial charge in [0.25, 0.3) is 0 Å². The number of nitrogens with zero attached hydrogens (tertiary/aromatic N) is 2. The van der Waals surface area contributed by atoms with Crippen LogP contribution in [0.5, 0.6) is 0 Å². The fourth-order valence-corrected chi connectivity index (χ4v) is 3.50. The third kappa shape index (κ3) is 5.90. The number of carbonyl (C=O) groups excluding carboxylic acids is 1. The van der Waals surface area contributed by atoms with Crippen molar-refractivity contribution in [3.8, 4) is 0 Å². The van der Waals surface area contributed by atoms with Crippen molar-refractivity contribution in [1.29, 1.82) is 0 Å². The number of hydrogen-bond acceptors (Lipinski definition) is 4. The largest absolute Gasteiger partial charge is 0.391 e. The second-order valence-electron chi connectivity index (χ2n) is 8.58. The maximum atomic E-state index is 12.0. The van der Waals surface area contributed by atoms with Gasteiger partial charge in [0.15, 0.2) is 0 Å². The molecule has 2 heterocycles. The Kier molecular flexibility index (Phi) is 6.89. The minimum Gasteiger partial charge on any atom is -0.391 e. The van der Waals surface area contributed by atoms with Crippen molar-refractivity contribution in [3.05, 3.63) is 0 Å². The van der Waals surface area contributed by atoms with Crippen LogP contribution in [0.15, 0.2) is 0 Å². The summed E-state index contributed by atoms with van der Waals surface area (Å²) in [6, 6.07) is 0.813. The number of nitrogens with one attached hydrogen (secondary N) is 2. The number of aliphatic hydroxyl groups is 1. The molecule has 6 heteroatoms. The quantitative estimate of drug-likeness (QED) is 0.721. The van der Waals surface area contributed by atoms with Gasteiger partial charge in [-0.05, 0) is 51.2 Å². The van der Waals surface area contributed by atoms with E-state index in [9.17, 15) is 9.90 Å². The molecule has 0 spiro atoms. The molecule has 24 heavy (non-hydrogen) atoms. The molecule has 1 atom stereocenters. The second-order valence-corrected chi connectivity index (χ2v) is 8.58. The normalized spacial score (nSPS) is 23.9. The Morgan fingerprint density at radius 1 is 1.12 bits per heavy atom. The smallest absolute Gasteiger partial charge is 0.315 e. The molecule has 2 fully saturated rings. The number of hydrogen-bond donors (Lipinski definition) is 3. The van der Waals surface area contributed by atoms with Gasteiger partial charge in [0, 0.05) is 31.7 Å². The van der Waals surface area contributed by atoms with Gasteiger partial charge in [-0.25, -0.2) is 4.79 Å². The fourth-order valence-electron chi connectivity index (χ4n) is 3.50. The number of aliphatic hydroxyl groups excluding tert-OH is 1. The van der Waals surface area contributed by atoms with Gasteiger partial charge in [0.2, 0.25) is 0 Å². The molecule has 2 aliphatic heterocycles. The minimum absolute atomic E-state index is 0.156. The van der Waals surface area contributed by atoms with E-state index >= 15 is 0 Å². The number of amides is 2.